The molecule has 1 unspecified atom stereocenters. The van der Waals surface area contributed by atoms with Gasteiger partial charge in [0.15, 0.2) is 11.9 Å². The molecular formula is C22H14ClF7N4O2S. The topological polar surface area (TPSA) is 72.9 Å². The van der Waals surface area contributed by atoms with Gasteiger partial charge in [0, 0.05) is 22.3 Å². The third kappa shape index (κ3) is 5.70. The van der Waals surface area contributed by atoms with Gasteiger partial charge >= 0.3 is 18.0 Å². The molecule has 1 N–H and O–H groups in total. The van der Waals surface area contributed by atoms with Crippen molar-refractivity contribution < 1.29 is 35.8 Å². The predicted molar refractivity (Wildman–Crippen MR) is 121 cm³/mol. The smallest absolute Gasteiger partial charge is 0.382 e. The van der Waals surface area contributed by atoms with Crippen molar-refractivity contribution in [3.05, 3.63) is 80.6 Å². The van der Waals surface area contributed by atoms with Crippen LogP contribution in [0.5, 0.6) is 0 Å². The molecule has 37 heavy (non-hydrogen) atoms. The van der Waals surface area contributed by atoms with Gasteiger partial charge in [-0.2, -0.15) is 26.3 Å². The summed E-state index contributed by atoms with van der Waals surface area (Å²) >= 11 is 6.63. The largest absolute Gasteiger partial charge is 0.419 e. The van der Waals surface area contributed by atoms with Gasteiger partial charge in [-0.1, -0.05) is 23.7 Å². The van der Waals surface area contributed by atoms with Gasteiger partial charge in [0.1, 0.15) is 10.8 Å². The van der Waals surface area contributed by atoms with E-state index >= 15 is 0 Å². The van der Waals surface area contributed by atoms with Gasteiger partial charge in [-0.25, -0.2) is 18.9 Å². The molecule has 2 heterocycles. The summed E-state index contributed by atoms with van der Waals surface area (Å²) in [4.78, 5) is 17.0. The van der Waals surface area contributed by atoms with Crippen LogP contribution in [0.2, 0.25) is 5.02 Å². The molecule has 0 aliphatic rings. The van der Waals surface area contributed by atoms with E-state index in [0.29, 0.717) is 15.7 Å². The Morgan fingerprint density at radius 2 is 1.73 bits per heavy atom. The molecule has 196 valence electrons. The zero-order valence-electron chi connectivity index (χ0n) is 18.2. The molecule has 1 atom stereocenters. The van der Waals surface area contributed by atoms with Crippen LogP contribution in [0, 0.1) is 5.82 Å². The van der Waals surface area contributed by atoms with Gasteiger partial charge in [-0.3, -0.25) is 4.57 Å². The first-order valence-electron chi connectivity index (χ1n) is 10.2. The molecule has 0 aliphatic carbocycles. The Labute approximate surface area is 212 Å². The highest BCUT2D eigenvalue weighted by atomic mass is 35.5. The monoisotopic (exact) mass is 566 g/mol. The molecule has 0 radical (unpaired) electrons. The number of hydrogen-bond donors (Lipinski definition) is 1. The number of halogens is 8. The number of nitrogens with zero attached hydrogens (tertiary/aromatic N) is 4. The zero-order chi connectivity index (χ0) is 27.1. The van der Waals surface area contributed by atoms with E-state index in [1.807, 2.05) is 0 Å². The van der Waals surface area contributed by atoms with E-state index in [9.17, 15) is 40.6 Å². The molecule has 4 aromatic rings. The average molecular weight is 567 g/mol. The van der Waals surface area contributed by atoms with Crippen molar-refractivity contribution in [3.8, 4) is 21.8 Å². The van der Waals surface area contributed by atoms with Gasteiger partial charge in [0.05, 0.1) is 23.5 Å². The SMILES string of the molecule is O=c1n(Cc2ncc(-c3cccc(C(F)(F)F)c3F)s2)nc(-c2ccc(Cl)cc2)n1CC(O)C(F)(F)F. The third-order valence-electron chi connectivity index (χ3n) is 5.17. The minimum Gasteiger partial charge on any atom is -0.382 e. The number of benzene rings is 2. The molecule has 0 saturated carbocycles. The highest BCUT2D eigenvalue weighted by Crippen LogP contribution is 2.37. The van der Waals surface area contributed by atoms with Gasteiger partial charge in [-0.05, 0) is 30.3 Å². The lowest BCUT2D eigenvalue weighted by Gasteiger charge is -2.15. The molecule has 6 nitrogen and oxygen atoms in total. The summed E-state index contributed by atoms with van der Waals surface area (Å²) in [7, 11) is 0. The van der Waals surface area contributed by atoms with Gasteiger partial charge in [0.25, 0.3) is 0 Å². The second-order valence-corrected chi connectivity index (χ2v) is 9.27. The highest BCUT2D eigenvalue weighted by Gasteiger charge is 2.39. The fraction of sp³-hybridized carbons (Fsp3) is 0.227. The highest BCUT2D eigenvalue weighted by molar-refractivity contribution is 7.15. The Kier molecular flexibility index (Phi) is 7.18. The minimum absolute atomic E-state index is 0.0384. The van der Waals surface area contributed by atoms with Crippen molar-refractivity contribution in [1.29, 1.82) is 0 Å². The molecule has 0 saturated heterocycles. The zero-order valence-corrected chi connectivity index (χ0v) is 19.8. The molecule has 0 aliphatic heterocycles. The van der Waals surface area contributed by atoms with E-state index < -0.39 is 42.1 Å². The van der Waals surface area contributed by atoms with Crippen LogP contribution < -0.4 is 5.69 Å². The molecular weight excluding hydrogens is 553 g/mol. The summed E-state index contributed by atoms with van der Waals surface area (Å²) in [6.45, 7) is -1.52. The van der Waals surface area contributed by atoms with Gasteiger partial charge in [-0.15, -0.1) is 16.4 Å². The van der Waals surface area contributed by atoms with Crippen molar-refractivity contribution in [3.63, 3.8) is 0 Å². The number of hydrogen-bond acceptors (Lipinski definition) is 5. The van der Waals surface area contributed by atoms with E-state index in [-0.39, 0.29) is 33.4 Å². The van der Waals surface area contributed by atoms with Crippen LogP contribution in [0.15, 0.2) is 53.5 Å². The Hall–Kier alpha value is -3.23. The molecule has 0 amide bonds. The molecule has 4 rings (SSSR count). The average Bonchev–Trinajstić information content (AvgIpc) is 3.39. The quantitative estimate of drug-likeness (QED) is 0.308. The van der Waals surface area contributed by atoms with Crippen molar-refractivity contribution in [2.75, 3.05) is 0 Å². The molecule has 2 aromatic carbocycles. The number of alkyl halides is 6. The Balaban J connectivity index is 1.70. The van der Waals surface area contributed by atoms with E-state index in [4.69, 9.17) is 11.6 Å². The van der Waals surface area contributed by atoms with Crippen LogP contribution in [-0.4, -0.2) is 36.7 Å². The standard InChI is InChI=1S/C22H14ClF7N4O2S/c23-12-6-4-11(5-7-12)19-32-34(20(36)33(19)9-16(35)22(28,29)30)10-17-31-8-15(37-17)13-2-1-3-14(18(13)24)21(25,26)27/h1-8,16,35H,9-10H2. The third-order valence-corrected chi connectivity index (χ3v) is 6.43. The van der Waals surface area contributed by atoms with E-state index in [0.717, 1.165) is 34.3 Å². The number of rotatable bonds is 6. The fourth-order valence-electron chi connectivity index (χ4n) is 3.37. The van der Waals surface area contributed by atoms with Crippen LogP contribution in [0.4, 0.5) is 30.7 Å². The molecule has 0 bridgehead atoms. The molecule has 0 fully saturated rings. The van der Waals surface area contributed by atoms with Crippen LogP contribution >= 0.6 is 22.9 Å². The predicted octanol–water partition coefficient (Wildman–Crippen LogP) is 5.62. The van der Waals surface area contributed by atoms with Crippen LogP contribution in [0.25, 0.3) is 21.8 Å². The first-order chi connectivity index (χ1) is 17.3. The normalized spacial score (nSPS) is 13.2. The van der Waals surface area contributed by atoms with Crippen molar-refractivity contribution in [2.45, 2.75) is 31.5 Å². The Morgan fingerprint density at radius 3 is 2.35 bits per heavy atom. The molecule has 2 aromatic heterocycles. The maximum Gasteiger partial charge on any atom is 0.419 e. The summed E-state index contributed by atoms with van der Waals surface area (Å²) in [6, 6.07) is 8.48. The number of thiazole rings is 1. The first-order valence-corrected chi connectivity index (χ1v) is 11.4. The van der Waals surface area contributed by atoms with E-state index in [1.165, 1.54) is 24.3 Å². The maximum atomic E-state index is 14.5. The van der Waals surface area contributed by atoms with Crippen LogP contribution in [0.3, 0.4) is 0 Å². The lowest BCUT2D eigenvalue weighted by Crippen LogP contribution is -2.37. The van der Waals surface area contributed by atoms with E-state index in [1.54, 1.807) is 0 Å². The summed E-state index contributed by atoms with van der Waals surface area (Å²) in [5.41, 5.74) is -2.58. The van der Waals surface area contributed by atoms with Crippen molar-refractivity contribution in [1.82, 2.24) is 19.3 Å². The number of aliphatic hydroxyl groups excluding tert-OH is 1. The van der Waals surface area contributed by atoms with Crippen LogP contribution in [0.1, 0.15) is 10.6 Å². The maximum absolute atomic E-state index is 14.5. The first kappa shape index (κ1) is 26.8. The lowest BCUT2D eigenvalue weighted by atomic mass is 10.1. The summed E-state index contributed by atoms with van der Waals surface area (Å²) in [5, 5.41) is 14.1. The fourth-order valence-corrected chi connectivity index (χ4v) is 4.42. The summed E-state index contributed by atoms with van der Waals surface area (Å²) in [6.07, 6.45) is -11.6. The van der Waals surface area contributed by atoms with Gasteiger partial charge < -0.3 is 5.11 Å². The second-order valence-electron chi connectivity index (χ2n) is 7.72. The number of aromatic nitrogens is 4. The van der Waals surface area contributed by atoms with Crippen molar-refractivity contribution in [2.24, 2.45) is 0 Å². The summed E-state index contributed by atoms with van der Waals surface area (Å²) < 4.78 is 94.1. The molecule has 0 spiro atoms. The Morgan fingerprint density at radius 1 is 1.05 bits per heavy atom. The Bertz CT molecular complexity index is 1480. The molecule has 15 heteroatoms. The van der Waals surface area contributed by atoms with Crippen molar-refractivity contribution >= 4 is 22.9 Å². The number of aliphatic hydroxyl groups is 1. The van der Waals surface area contributed by atoms with Crippen LogP contribution in [-0.2, 0) is 19.3 Å². The van der Waals surface area contributed by atoms with E-state index in [2.05, 4.69) is 10.1 Å². The minimum atomic E-state index is -5.00. The van der Waals surface area contributed by atoms with Gasteiger partial charge in [0.2, 0.25) is 0 Å². The lowest BCUT2D eigenvalue weighted by molar-refractivity contribution is -0.207. The second kappa shape index (κ2) is 9.91. The summed E-state index contributed by atoms with van der Waals surface area (Å²) in [5.74, 6) is -1.68.